The van der Waals surface area contributed by atoms with Gasteiger partial charge in [0.25, 0.3) is 11.5 Å². The van der Waals surface area contributed by atoms with E-state index in [0.717, 1.165) is 47.9 Å². The number of aryl methyl sites for hydroxylation is 3. The number of aromatic nitrogens is 2. The zero-order chi connectivity index (χ0) is 25.4. The summed E-state index contributed by atoms with van der Waals surface area (Å²) in [6.07, 6.45) is 5.83. The number of methoxy groups -OCH3 is 1. The van der Waals surface area contributed by atoms with Crippen molar-refractivity contribution in [2.24, 2.45) is 5.10 Å². The van der Waals surface area contributed by atoms with Gasteiger partial charge in [0.05, 0.1) is 31.5 Å². The number of nitrogens with one attached hydrogen (secondary N) is 1. The fourth-order valence-electron chi connectivity index (χ4n) is 4.45. The van der Waals surface area contributed by atoms with E-state index in [4.69, 9.17) is 9.72 Å². The van der Waals surface area contributed by atoms with Gasteiger partial charge in [0.1, 0.15) is 16.4 Å². The summed E-state index contributed by atoms with van der Waals surface area (Å²) in [5.41, 5.74) is 5.68. The lowest BCUT2D eigenvalue weighted by molar-refractivity contribution is 0.0955. The minimum Gasteiger partial charge on any atom is -0.495 e. The van der Waals surface area contributed by atoms with Crippen LogP contribution in [-0.4, -0.2) is 28.8 Å². The highest BCUT2D eigenvalue weighted by Crippen LogP contribution is 2.34. The minimum absolute atomic E-state index is 0.0394. The highest BCUT2D eigenvalue weighted by Gasteiger charge is 2.21. The molecule has 1 N–H and O–H groups in total. The van der Waals surface area contributed by atoms with E-state index >= 15 is 0 Å². The van der Waals surface area contributed by atoms with Gasteiger partial charge in [-0.3, -0.25) is 14.2 Å². The molecule has 5 rings (SSSR count). The van der Waals surface area contributed by atoms with Gasteiger partial charge in [-0.2, -0.15) is 5.10 Å². The average molecular weight is 724 g/mol. The van der Waals surface area contributed by atoms with Crippen LogP contribution in [0.5, 0.6) is 5.75 Å². The molecule has 1 aliphatic carbocycles. The molecule has 0 bridgehead atoms. The number of fused-ring (bicyclic) bond motifs is 3. The Kier molecular flexibility index (Phi) is 7.45. The molecule has 0 saturated heterocycles. The van der Waals surface area contributed by atoms with Crippen molar-refractivity contribution in [2.45, 2.75) is 32.6 Å². The minimum atomic E-state index is -0.333. The molecule has 184 valence electrons. The lowest BCUT2D eigenvalue weighted by Gasteiger charge is -2.12. The van der Waals surface area contributed by atoms with E-state index in [1.807, 2.05) is 19.1 Å². The van der Waals surface area contributed by atoms with Gasteiger partial charge in [-0.1, -0.05) is 0 Å². The number of rotatable bonds is 5. The quantitative estimate of drug-likeness (QED) is 0.165. The number of hydrogen-bond donors (Lipinski definition) is 1. The fourth-order valence-corrected chi connectivity index (χ4v) is 8.01. The summed E-state index contributed by atoms with van der Waals surface area (Å²) in [6.45, 7) is 1.84. The highest BCUT2D eigenvalue weighted by atomic mass is 127. The Balaban J connectivity index is 1.36. The molecule has 1 aliphatic rings. The van der Waals surface area contributed by atoms with Gasteiger partial charge in [-0.15, -0.1) is 11.3 Å². The maximum atomic E-state index is 13.5. The van der Waals surface area contributed by atoms with Crippen molar-refractivity contribution >= 4 is 78.9 Å². The van der Waals surface area contributed by atoms with E-state index in [1.54, 1.807) is 53.5 Å². The van der Waals surface area contributed by atoms with Gasteiger partial charge in [0, 0.05) is 10.4 Å². The zero-order valence-corrected chi connectivity index (χ0v) is 24.7. The third-order valence-corrected chi connectivity index (χ3v) is 8.94. The summed E-state index contributed by atoms with van der Waals surface area (Å²) < 4.78 is 8.94. The Morgan fingerprint density at radius 2 is 1.86 bits per heavy atom. The summed E-state index contributed by atoms with van der Waals surface area (Å²) in [5, 5.41) is 4.85. The van der Waals surface area contributed by atoms with E-state index in [2.05, 4.69) is 55.7 Å². The lowest BCUT2D eigenvalue weighted by atomic mass is 9.97. The lowest BCUT2D eigenvalue weighted by Crippen LogP contribution is -2.23. The third-order valence-electron chi connectivity index (χ3n) is 6.15. The number of thiophene rings is 1. The number of hydrogen-bond acceptors (Lipinski definition) is 6. The molecule has 2 aromatic heterocycles. The van der Waals surface area contributed by atoms with Crippen LogP contribution in [0.2, 0.25) is 0 Å². The first kappa shape index (κ1) is 25.3. The smallest absolute Gasteiger partial charge is 0.271 e. The molecule has 0 spiro atoms. The predicted molar refractivity (Wildman–Crippen MR) is 160 cm³/mol. The molecule has 36 heavy (non-hydrogen) atoms. The Morgan fingerprint density at radius 1 is 1.17 bits per heavy atom. The fraction of sp³-hybridized carbons (Fsp3) is 0.231. The Bertz CT molecular complexity index is 1550. The zero-order valence-electron chi connectivity index (χ0n) is 19.6. The van der Waals surface area contributed by atoms with Gasteiger partial charge in [-0.05, 0) is 125 Å². The summed E-state index contributed by atoms with van der Waals surface area (Å²) in [4.78, 5) is 33.0. The topological polar surface area (TPSA) is 85.6 Å². The SMILES string of the molecule is COc1c(I)cc(/C=N\NC(=O)c2ccc(-n3c(C)nc4sc5c(c4c3=O)CCCC5)cc2)cc1I. The van der Waals surface area contributed by atoms with Crippen molar-refractivity contribution in [1.29, 1.82) is 0 Å². The molecule has 0 radical (unpaired) electrons. The van der Waals surface area contributed by atoms with E-state index < -0.39 is 0 Å². The van der Waals surface area contributed by atoms with Crippen LogP contribution >= 0.6 is 56.5 Å². The van der Waals surface area contributed by atoms with Crippen molar-refractivity contribution in [2.75, 3.05) is 7.11 Å². The molecule has 7 nitrogen and oxygen atoms in total. The first-order valence-corrected chi connectivity index (χ1v) is 14.4. The van der Waals surface area contributed by atoms with Crippen molar-refractivity contribution in [3.63, 3.8) is 0 Å². The predicted octanol–water partition coefficient (Wildman–Crippen LogP) is 5.62. The molecule has 4 aromatic rings. The van der Waals surface area contributed by atoms with Crippen LogP contribution in [-0.2, 0) is 12.8 Å². The van der Waals surface area contributed by atoms with Gasteiger partial charge in [0.15, 0.2) is 0 Å². The first-order valence-electron chi connectivity index (χ1n) is 11.4. The second kappa shape index (κ2) is 10.6. The summed E-state index contributed by atoms with van der Waals surface area (Å²) >= 11 is 6.06. The van der Waals surface area contributed by atoms with E-state index in [-0.39, 0.29) is 11.5 Å². The maximum absolute atomic E-state index is 13.5. The Hall–Kier alpha value is -2.32. The standard InChI is InChI=1S/C26H22I2N4O3S/c1-14-30-25-22(18-5-3-4-6-21(18)36-25)26(34)32(14)17-9-7-16(8-10-17)24(33)31-29-13-15-11-19(27)23(35-2)20(28)12-15/h7-13H,3-6H2,1-2H3,(H,31,33)/b29-13-. The highest BCUT2D eigenvalue weighted by molar-refractivity contribution is 14.1. The van der Waals surface area contributed by atoms with Crippen molar-refractivity contribution in [3.8, 4) is 11.4 Å². The number of halogens is 2. The largest absolute Gasteiger partial charge is 0.495 e. The first-order chi connectivity index (χ1) is 17.4. The van der Waals surface area contributed by atoms with Gasteiger partial charge >= 0.3 is 0 Å². The van der Waals surface area contributed by atoms with Crippen LogP contribution in [0.15, 0.2) is 46.3 Å². The van der Waals surface area contributed by atoms with E-state index in [0.29, 0.717) is 17.1 Å². The van der Waals surface area contributed by atoms with Crippen molar-refractivity contribution in [1.82, 2.24) is 15.0 Å². The molecular weight excluding hydrogens is 702 g/mol. The molecule has 0 aliphatic heterocycles. The summed E-state index contributed by atoms with van der Waals surface area (Å²) in [7, 11) is 1.64. The van der Waals surface area contributed by atoms with Crippen molar-refractivity contribution in [3.05, 3.63) is 81.3 Å². The van der Waals surface area contributed by atoms with Crippen LogP contribution in [0.4, 0.5) is 0 Å². The Labute approximate surface area is 239 Å². The Morgan fingerprint density at radius 3 is 2.56 bits per heavy atom. The van der Waals surface area contributed by atoms with Crippen LogP contribution in [0.3, 0.4) is 0 Å². The van der Waals surface area contributed by atoms with Crippen LogP contribution in [0, 0.1) is 14.1 Å². The third kappa shape index (κ3) is 4.82. The monoisotopic (exact) mass is 724 g/mol. The molecular formula is C26H22I2N4O3S. The van der Waals surface area contributed by atoms with E-state index in [9.17, 15) is 9.59 Å². The summed E-state index contributed by atoms with van der Waals surface area (Å²) in [6, 6.07) is 10.8. The van der Waals surface area contributed by atoms with Gasteiger partial charge in [-0.25, -0.2) is 10.4 Å². The number of hydrazone groups is 1. The number of nitrogens with zero attached hydrogens (tertiary/aromatic N) is 3. The van der Waals surface area contributed by atoms with Crippen LogP contribution in [0.25, 0.3) is 15.9 Å². The molecule has 1 amide bonds. The average Bonchev–Trinajstić information content (AvgIpc) is 3.22. The molecule has 0 saturated carbocycles. The molecule has 2 aromatic carbocycles. The van der Waals surface area contributed by atoms with E-state index in [1.165, 1.54) is 16.9 Å². The van der Waals surface area contributed by atoms with Crippen molar-refractivity contribution < 1.29 is 9.53 Å². The number of benzene rings is 2. The van der Waals surface area contributed by atoms with Gasteiger partial charge < -0.3 is 4.74 Å². The van der Waals surface area contributed by atoms with Gasteiger partial charge in [0.2, 0.25) is 0 Å². The number of carbonyl (C=O) groups excluding carboxylic acids is 1. The molecule has 10 heteroatoms. The van der Waals surface area contributed by atoms with Crippen LogP contribution in [0.1, 0.15) is 45.0 Å². The van der Waals surface area contributed by atoms with Crippen LogP contribution < -0.4 is 15.7 Å². The normalized spacial score (nSPS) is 13.2. The second-order valence-electron chi connectivity index (χ2n) is 8.45. The number of amides is 1. The second-order valence-corrected chi connectivity index (χ2v) is 11.9. The molecule has 0 atom stereocenters. The summed E-state index contributed by atoms with van der Waals surface area (Å²) in [5.74, 6) is 1.12. The molecule has 0 unspecified atom stereocenters. The molecule has 0 fully saturated rings. The number of ether oxygens (including phenoxy) is 1. The number of carbonyl (C=O) groups is 1. The molecule has 2 heterocycles. The maximum Gasteiger partial charge on any atom is 0.271 e.